The maximum Gasteiger partial charge on any atom is 0.166 e. The minimum absolute atomic E-state index is 0.133. The maximum absolute atomic E-state index is 11.0. The number of hydrogen-bond donors (Lipinski definition) is 2. The van der Waals surface area contributed by atoms with Gasteiger partial charge in [0, 0.05) is 22.9 Å². The molecule has 3 nitrogen and oxygen atoms in total. The quantitative estimate of drug-likeness (QED) is 0.725. The highest BCUT2D eigenvalue weighted by Crippen LogP contribution is 2.36. The van der Waals surface area contributed by atoms with Crippen molar-refractivity contribution in [2.45, 2.75) is 18.3 Å². The highest BCUT2D eigenvalue weighted by atomic mass is 16.1. The predicted molar refractivity (Wildman–Crippen MR) is 93.0 cm³/mol. The largest absolute Gasteiger partial charge is 0.352 e. The summed E-state index contributed by atoms with van der Waals surface area (Å²) in [6.07, 6.45) is 3.05. The van der Waals surface area contributed by atoms with E-state index in [-0.39, 0.29) is 5.41 Å². The van der Waals surface area contributed by atoms with E-state index in [0.29, 0.717) is 5.69 Å². The lowest BCUT2D eigenvalue weighted by molar-refractivity contribution is 0.112. The molecule has 4 rings (SSSR count). The number of H-pyrrole nitrogens is 1. The van der Waals surface area contributed by atoms with Crippen LogP contribution in [0.5, 0.6) is 0 Å². The van der Waals surface area contributed by atoms with E-state index in [9.17, 15) is 4.79 Å². The van der Waals surface area contributed by atoms with E-state index in [4.69, 9.17) is 0 Å². The van der Waals surface area contributed by atoms with Crippen molar-refractivity contribution in [3.8, 4) is 0 Å². The van der Waals surface area contributed by atoms with E-state index in [2.05, 4.69) is 58.8 Å². The zero-order valence-corrected chi connectivity index (χ0v) is 13.0. The molecule has 0 bridgehead atoms. The first-order valence-electron chi connectivity index (χ1n) is 8.12. The SMILES string of the molecule is O=Cc1cc2cc(C3(Cc4ccccc4)CCNC3)ccc2[nH]1. The fourth-order valence-electron chi connectivity index (χ4n) is 3.78. The average molecular weight is 304 g/mol. The van der Waals surface area contributed by atoms with Gasteiger partial charge < -0.3 is 10.3 Å². The van der Waals surface area contributed by atoms with Gasteiger partial charge in [-0.05, 0) is 48.7 Å². The van der Waals surface area contributed by atoms with Crippen LogP contribution in [-0.4, -0.2) is 24.4 Å². The predicted octanol–water partition coefficient (Wildman–Crippen LogP) is 3.45. The van der Waals surface area contributed by atoms with Gasteiger partial charge in [0.2, 0.25) is 0 Å². The summed E-state index contributed by atoms with van der Waals surface area (Å²) < 4.78 is 0. The second kappa shape index (κ2) is 5.67. The molecule has 0 saturated carbocycles. The van der Waals surface area contributed by atoms with Gasteiger partial charge in [-0.15, -0.1) is 0 Å². The van der Waals surface area contributed by atoms with E-state index >= 15 is 0 Å². The highest BCUT2D eigenvalue weighted by Gasteiger charge is 2.35. The molecule has 0 aliphatic carbocycles. The van der Waals surface area contributed by atoms with Gasteiger partial charge in [0.15, 0.2) is 6.29 Å². The van der Waals surface area contributed by atoms with E-state index in [1.54, 1.807) is 0 Å². The summed E-state index contributed by atoms with van der Waals surface area (Å²) >= 11 is 0. The van der Waals surface area contributed by atoms with Gasteiger partial charge in [-0.25, -0.2) is 0 Å². The number of benzene rings is 2. The van der Waals surface area contributed by atoms with Gasteiger partial charge in [0.25, 0.3) is 0 Å². The standard InChI is InChI=1S/C20H20N2O/c23-13-18-11-16-10-17(6-7-19(16)22-18)20(8-9-21-14-20)12-15-4-2-1-3-5-15/h1-7,10-11,13,21-22H,8-9,12,14H2. The number of aromatic nitrogens is 1. The summed E-state index contributed by atoms with van der Waals surface area (Å²) in [7, 11) is 0. The van der Waals surface area contributed by atoms with Crippen LogP contribution < -0.4 is 5.32 Å². The van der Waals surface area contributed by atoms with Gasteiger partial charge in [-0.2, -0.15) is 0 Å². The number of nitrogens with one attached hydrogen (secondary N) is 2. The third-order valence-corrected chi connectivity index (χ3v) is 5.01. The lowest BCUT2D eigenvalue weighted by Gasteiger charge is -2.29. The van der Waals surface area contributed by atoms with Gasteiger partial charge in [-0.1, -0.05) is 36.4 Å². The number of carbonyl (C=O) groups excluding carboxylic acids is 1. The molecule has 0 amide bonds. The fraction of sp³-hybridized carbons (Fsp3) is 0.250. The summed E-state index contributed by atoms with van der Waals surface area (Å²) in [6.45, 7) is 2.05. The van der Waals surface area contributed by atoms with Crippen LogP contribution in [0.4, 0.5) is 0 Å². The molecular weight excluding hydrogens is 284 g/mol. The molecular formula is C20H20N2O. The molecule has 3 heteroatoms. The minimum atomic E-state index is 0.133. The minimum Gasteiger partial charge on any atom is -0.352 e. The maximum atomic E-state index is 11.0. The van der Waals surface area contributed by atoms with E-state index < -0.39 is 0 Å². The normalized spacial score (nSPS) is 20.9. The zero-order chi connectivity index (χ0) is 15.7. The van der Waals surface area contributed by atoms with E-state index in [1.807, 2.05) is 6.07 Å². The van der Waals surface area contributed by atoms with Crippen molar-refractivity contribution in [2.24, 2.45) is 0 Å². The van der Waals surface area contributed by atoms with Crippen molar-refractivity contribution in [1.82, 2.24) is 10.3 Å². The number of carbonyl (C=O) groups is 1. The molecule has 116 valence electrons. The van der Waals surface area contributed by atoms with Gasteiger partial charge in [-0.3, -0.25) is 4.79 Å². The third kappa shape index (κ3) is 2.57. The molecule has 1 fully saturated rings. The molecule has 1 aliphatic rings. The first-order chi connectivity index (χ1) is 11.3. The third-order valence-electron chi connectivity index (χ3n) is 5.01. The Labute approximate surface area is 135 Å². The number of aromatic amines is 1. The van der Waals surface area contributed by atoms with Crippen LogP contribution in [0.1, 0.15) is 28.0 Å². The van der Waals surface area contributed by atoms with Crippen LogP contribution in [0, 0.1) is 0 Å². The monoisotopic (exact) mass is 304 g/mol. The van der Waals surface area contributed by atoms with E-state index in [1.165, 1.54) is 11.1 Å². The molecule has 3 aromatic rings. The summed E-state index contributed by atoms with van der Waals surface area (Å²) in [5.74, 6) is 0. The van der Waals surface area contributed by atoms with Crippen molar-refractivity contribution in [2.75, 3.05) is 13.1 Å². The smallest absolute Gasteiger partial charge is 0.166 e. The van der Waals surface area contributed by atoms with Gasteiger partial charge in [0.1, 0.15) is 0 Å². The highest BCUT2D eigenvalue weighted by molar-refractivity contribution is 5.88. The number of fused-ring (bicyclic) bond motifs is 1. The topological polar surface area (TPSA) is 44.9 Å². The number of hydrogen-bond acceptors (Lipinski definition) is 2. The first kappa shape index (κ1) is 14.2. The van der Waals surface area contributed by atoms with E-state index in [0.717, 1.165) is 43.1 Å². The molecule has 0 radical (unpaired) electrons. The van der Waals surface area contributed by atoms with Crippen molar-refractivity contribution in [1.29, 1.82) is 0 Å². The van der Waals surface area contributed by atoms with Crippen LogP contribution >= 0.6 is 0 Å². The molecule has 23 heavy (non-hydrogen) atoms. The van der Waals surface area contributed by atoms with Crippen LogP contribution in [0.3, 0.4) is 0 Å². The summed E-state index contributed by atoms with van der Waals surface area (Å²) in [6, 6.07) is 19.2. The zero-order valence-electron chi connectivity index (χ0n) is 13.0. The molecule has 1 unspecified atom stereocenters. The molecule has 2 aromatic carbocycles. The Balaban J connectivity index is 1.76. The molecule has 0 spiro atoms. The second-order valence-corrected chi connectivity index (χ2v) is 6.51. The van der Waals surface area contributed by atoms with Gasteiger partial charge >= 0.3 is 0 Å². The van der Waals surface area contributed by atoms with Crippen LogP contribution in [0.2, 0.25) is 0 Å². The van der Waals surface area contributed by atoms with Crippen LogP contribution in [0.15, 0.2) is 54.6 Å². The second-order valence-electron chi connectivity index (χ2n) is 6.51. The van der Waals surface area contributed by atoms with Crippen molar-refractivity contribution >= 4 is 17.2 Å². The molecule has 1 atom stereocenters. The first-order valence-corrected chi connectivity index (χ1v) is 8.12. The Morgan fingerprint density at radius 2 is 1.96 bits per heavy atom. The van der Waals surface area contributed by atoms with Crippen LogP contribution in [0.25, 0.3) is 10.9 Å². The Morgan fingerprint density at radius 1 is 1.09 bits per heavy atom. The fourth-order valence-corrected chi connectivity index (χ4v) is 3.78. The Morgan fingerprint density at radius 3 is 2.70 bits per heavy atom. The number of aldehydes is 1. The molecule has 1 saturated heterocycles. The molecule has 2 heterocycles. The average Bonchev–Trinajstić information content (AvgIpc) is 3.22. The Bertz CT molecular complexity index is 829. The van der Waals surface area contributed by atoms with Crippen molar-refractivity contribution < 1.29 is 4.79 Å². The summed E-state index contributed by atoms with van der Waals surface area (Å²) in [5, 5.41) is 4.65. The summed E-state index contributed by atoms with van der Waals surface area (Å²) in [5.41, 5.74) is 4.53. The van der Waals surface area contributed by atoms with Crippen LogP contribution in [-0.2, 0) is 11.8 Å². The lowest BCUT2D eigenvalue weighted by Crippen LogP contribution is -2.31. The lowest BCUT2D eigenvalue weighted by atomic mass is 9.74. The number of rotatable bonds is 4. The molecule has 2 N–H and O–H groups in total. The van der Waals surface area contributed by atoms with Crippen molar-refractivity contribution in [3.63, 3.8) is 0 Å². The molecule has 1 aliphatic heterocycles. The summed E-state index contributed by atoms with van der Waals surface area (Å²) in [4.78, 5) is 14.1. The Kier molecular flexibility index (Phi) is 3.50. The van der Waals surface area contributed by atoms with Crippen molar-refractivity contribution in [3.05, 3.63) is 71.4 Å². The van der Waals surface area contributed by atoms with Gasteiger partial charge in [0.05, 0.1) is 5.69 Å². The molecule has 1 aromatic heterocycles. The Hall–Kier alpha value is -2.39.